The van der Waals surface area contributed by atoms with E-state index < -0.39 is 10.0 Å². The lowest BCUT2D eigenvalue weighted by Crippen LogP contribution is -2.28. The van der Waals surface area contributed by atoms with Crippen LogP contribution in [-0.2, 0) is 14.8 Å². The van der Waals surface area contributed by atoms with Crippen LogP contribution in [0.3, 0.4) is 0 Å². The second kappa shape index (κ2) is 8.06. The third kappa shape index (κ3) is 4.64. The van der Waals surface area contributed by atoms with Gasteiger partial charge in [0.2, 0.25) is 15.9 Å². The van der Waals surface area contributed by atoms with Gasteiger partial charge >= 0.3 is 0 Å². The van der Waals surface area contributed by atoms with Crippen molar-refractivity contribution in [3.8, 4) is 0 Å². The molecule has 1 fully saturated rings. The second-order valence-electron chi connectivity index (χ2n) is 6.50. The Bertz CT molecular complexity index is 941. The first kappa shape index (κ1) is 19.3. The Morgan fingerprint density at radius 2 is 1.89 bits per heavy atom. The highest BCUT2D eigenvalue weighted by molar-refractivity contribution is 7.89. The van der Waals surface area contributed by atoms with Crippen molar-refractivity contribution < 1.29 is 17.6 Å². The maximum atomic E-state index is 13.3. The highest BCUT2D eigenvalue weighted by atomic mass is 32.2. The molecule has 0 spiro atoms. The van der Waals surface area contributed by atoms with Crippen LogP contribution in [0.2, 0.25) is 0 Å². The Balaban J connectivity index is 1.65. The summed E-state index contributed by atoms with van der Waals surface area (Å²) in [7, 11) is -3.54. The number of hydrogen-bond donors (Lipinski definition) is 2. The van der Waals surface area contributed by atoms with Gasteiger partial charge in [0.15, 0.2) is 0 Å². The van der Waals surface area contributed by atoms with Crippen molar-refractivity contribution in [2.45, 2.75) is 24.7 Å². The monoisotopic (exact) mass is 391 g/mol. The molecule has 0 aromatic heterocycles. The van der Waals surface area contributed by atoms with E-state index in [2.05, 4.69) is 10.6 Å². The van der Waals surface area contributed by atoms with Crippen LogP contribution in [0.5, 0.6) is 0 Å². The Hall–Kier alpha value is -2.45. The van der Waals surface area contributed by atoms with Gasteiger partial charge in [-0.05, 0) is 55.7 Å². The summed E-state index contributed by atoms with van der Waals surface area (Å²) in [6, 6.07) is 10.5. The van der Waals surface area contributed by atoms with E-state index in [0.29, 0.717) is 24.5 Å². The predicted molar refractivity (Wildman–Crippen MR) is 103 cm³/mol. The lowest BCUT2D eigenvalue weighted by Gasteiger charge is -2.16. The summed E-state index contributed by atoms with van der Waals surface area (Å²) in [4.78, 5) is 12.3. The average Bonchev–Trinajstić information content (AvgIpc) is 3.18. The number of amides is 1. The first-order valence-electron chi connectivity index (χ1n) is 8.76. The molecular formula is C19H22FN3O3S. The minimum Gasteiger partial charge on any atom is -0.376 e. The van der Waals surface area contributed by atoms with Crippen molar-refractivity contribution in [1.29, 1.82) is 0 Å². The lowest BCUT2D eigenvalue weighted by atomic mass is 10.2. The Morgan fingerprint density at radius 1 is 1.15 bits per heavy atom. The number of nitrogens with one attached hydrogen (secondary N) is 2. The summed E-state index contributed by atoms with van der Waals surface area (Å²) in [5, 5.41) is 5.56. The van der Waals surface area contributed by atoms with Crippen molar-refractivity contribution in [2.75, 3.05) is 30.3 Å². The Morgan fingerprint density at radius 3 is 2.63 bits per heavy atom. The van der Waals surface area contributed by atoms with E-state index in [4.69, 9.17) is 0 Å². The van der Waals surface area contributed by atoms with Crippen LogP contribution in [-0.4, -0.2) is 38.3 Å². The number of carbonyl (C=O) groups excluding carboxylic acids is 1. The fourth-order valence-electron chi connectivity index (χ4n) is 2.98. The molecule has 1 heterocycles. The maximum absolute atomic E-state index is 13.3. The number of nitrogens with zero attached hydrogens (tertiary/aromatic N) is 1. The van der Waals surface area contributed by atoms with Crippen LogP contribution in [0.4, 0.5) is 15.8 Å². The van der Waals surface area contributed by atoms with Gasteiger partial charge < -0.3 is 10.6 Å². The van der Waals surface area contributed by atoms with Gasteiger partial charge in [0.25, 0.3) is 0 Å². The highest BCUT2D eigenvalue weighted by Crippen LogP contribution is 2.23. The molecule has 2 aromatic rings. The lowest BCUT2D eigenvalue weighted by molar-refractivity contribution is -0.114. The summed E-state index contributed by atoms with van der Waals surface area (Å²) >= 11 is 0. The quantitative estimate of drug-likeness (QED) is 0.794. The van der Waals surface area contributed by atoms with Crippen molar-refractivity contribution in [3.05, 3.63) is 53.8 Å². The molecule has 0 atom stereocenters. The first-order valence-corrected chi connectivity index (χ1v) is 10.2. The average molecular weight is 391 g/mol. The molecule has 0 saturated carbocycles. The molecule has 0 aliphatic carbocycles. The van der Waals surface area contributed by atoms with Crippen LogP contribution in [0.25, 0.3) is 0 Å². The van der Waals surface area contributed by atoms with E-state index >= 15 is 0 Å². The van der Waals surface area contributed by atoms with Crippen molar-refractivity contribution in [3.63, 3.8) is 0 Å². The normalized spacial score (nSPS) is 14.9. The topological polar surface area (TPSA) is 78.5 Å². The SMILES string of the molecule is Cc1ccc(F)cc1NCC(=O)Nc1cccc(S(=O)(=O)N2CCCC2)c1. The van der Waals surface area contributed by atoms with Gasteiger partial charge in [0.05, 0.1) is 11.4 Å². The number of aryl methyl sites for hydroxylation is 1. The number of hydrogen-bond acceptors (Lipinski definition) is 4. The van der Waals surface area contributed by atoms with Crippen LogP contribution >= 0.6 is 0 Å². The summed E-state index contributed by atoms with van der Waals surface area (Å²) in [5.74, 6) is -0.738. The van der Waals surface area contributed by atoms with Gasteiger partial charge in [-0.15, -0.1) is 0 Å². The Labute approximate surface area is 158 Å². The zero-order chi connectivity index (χ0) is 19.4. The van der Waals surface area contributed by atoms with E-state index in [1.807, 2.05) is 6.92 Å². The smallest absolute Gasteiger partial charge is 0.243 e. The molecule has 0 radical (unpaired) electrons. The van der Waals surface area contributed by atoms with Crippen molar-refractivity contribution >= 4 is 27.3 Å². The standard InChI is InChI=1S/C19H22FN3O3S/c1-14-7-8-15(20)11-18(14)21-13-19(24)22-16-5-4-6-17(12-16)27(25,26)23-9-2-3-10-23/h4-8,11-12,21H,2-3,9-10,13H2,1H3,(H,22,24). The minimum absolute atomic E-state index is 0.0621. The molecule has 2 aromatic carbocycles. The molecular weight excluding hydrogens is 369 g/mol. The van der Waals surface area contributed by atoms with Crippen LogP contribution in [0.1, 0.15) is 18.4 Å². The molecule has 0 bridgehead atoms. The third-order valence-corrected chi connectivity index (χ3v) is 6.35. The van der Waals surface area contributed by atoms with Gasteiger partial charge in [-0.25, -0.2) is 12.8 Å². The van der Waals surface area contributed by atoms with E-state index in [1.54, 1.807) is 18.2 Å². The maximum Gasteiger partial charge on any atom is 0.243 e. The predicted octanol–water partition coefficient (Wildman–Crippen LogP) is 2.97. The molecule has 144 valence electrons. The molecule has 1 amide bonds. The molecule has 1 saturated heterocycles. The summed E-state index contributed by atoms with van der Waals surface area (Å²) in [5.41, 5.74) is 1.76. The van der Waals surface area contributed by atoms with Gasteiger partial charge in [-0.3, -0.25) is 4.79 Å². The second-order valence-corrected chi connectivity index (χ2v) is 8.44. The van der Waals surface area contributed by atoms with Gasteiger partial charge in [-0.2, -0.15) is 4.31 Å². The van der Waals surface area contributed by atoms with Gasteiger partial charge in [0.1, 0.15) is 5.82 Å². The molecule has 3 rings (SSSR count). The molecule has 0 unspecified atom stereocenters. The molecule has 1 aliphatic rings. The minimum atomic E-state index is -3.54. The van der Waals surface area contributed by atoms with Crippen molar-refractivity contribution in [1.82, 2.24) is 4.31 Å². The molecule has 8 heteroatoms. The highest BCUT2D eigenvalue weighted by Gasteiger charge is 2.27. The Kier molecular flexibility index (Phi) is 5.76. The zero-order valence-electron chi connectivity index (χ0n) is 15.0. The number of anilines is 2. The van der Waals surface area contributed by atoms with Crippen LogP contribution in [0.15, 0.2) is 47.4 Å². The molecule has 27 heavy (non-hydrogen) atoms. The van der Waals surface area contributed by atoms with Crippen LogP contribution in [0, 0.1) is 12.7 Å². The number of rotatable bonds is 6. The van der Waals surface area contributed by atoms with Crippen molar-refractivity contribution in [2.24, 2.45) is 0 Å². The molecule has 1 aliphatic heterocycles. The summed E-state index contributed by atoms with van der Waals surface area (Å²) < 4.78 is 40.0. The molecule has 2 N–H and O–H groups in total. The summed E-state index contributed by atoms with van der Waals surface area (Å²) in [6.07, 6.45) is 1.72. The van der Waals surface area contributed by atoms with Gasteiger partial charge in [-0.1, -0.05) is 12.1 Å². The van der Waals surface area contributed by atoms with E-state index in [0.717, 1.165) is 18.4 Å². The molecule has 6 nitrogen and oxygen atoms in total. The van der Waals surface area contributed by atoms with Gasteiger partial charge in [0, 0.05) is 24.5 Å². The fourth-order valence-corrected chi connectivity index (χ4v) is 4.54. The fraction of sp³-hybridized carbons (Fsp3) is 0.316. The number of sulfonamides is 1. The zero-order valence-corrected chi connectivity index (χ0v) is 15.9. The van der Waals surface area contributed by atoms with E-state index in [-0.39, 0.29) is 23.2 Å². The number of benzene rings is 2. The largest absolute Gasteiger partial charge is 0.376 e. The summed E-state index contributed by atoms with van der Waals surface area (Å²) in [6.45, 7) is 2.80. The van der Waals surface area contributed by atoms with Crippen LogP contribution < -0.4 is 10.6 Å². The van der Waals surface area contributed by atoms with E-state index in [1.165, 1.54) is 28.6 Å². The number of carbonyl (C=O) groups is 1. The third-order valence-electron chi connectivity index (χ3n) is 4.46. The first-order chi connectivity index (χ1) is 12.9. The number of halogens is 1. The van der Waals surface area contributed by atoms with E-state index in [9.17, 15) is 17.6 Å².